The molecule has 0 bridgehead atoms. The van der Waals surface area contributed by atoms with E-state index in [1.165, 1.54) is 0 Å². The van der Waals surface area contributed by atoms with Gasteiger partial charge in [0, 0.05) is 30.8 Å². The van der Waals surface area contributed by atoms with E-state index in [1.54, 1.807) is 18.7 Å². The maximum Gasteiger partial charge on any atom is 0.255 e. The molecule has 1 heterocycles. The number of hydrogen-bond donors (Lipinski definition) is 1. The van der Waals surface area contributed by atoms with E-state index in [2.05, 4.69) is 19.2 Å². The Labute approximate surface area is 131 Å². The van der Waals surface area contributed by atoms with Gasteiger partial charge < -0.3 is 14.6 Å². The molecule has 2 aromatic rings. The van der Waals surface area contributed by atoms with E-state index in [0.29, 0.717) is 12.6 Å². The van der Waals surface area contributed by atoms with Crippen molar-refractivity contribution in [3.05, 3.63) is 51.8 Å². The predicted octanol–water partition coefficient (Wildman–Crippen LogP) is 2.87. The van der Waals surface area contributed by atoms with Crippen LogP contribution < -0.4 is 15.6 Å². The Balaban J connectivity index is 2.48. The molecule has 0 aliphatic rings. The molecule has 0 radical (unpaired) electrons. The van der Waals surface area contributed by atoms with Crippen molar-refractivity contribution in [3.63, 3.8) is 0 Å². The molecule has 118 valence electrons. The first-order chi connectivity index (χ1) is 10.4. The van der Waals surface area contributed by atoms with Crippen LogP contribution in [-0.2, 0) is 13.6 Å². The average molecular weight is 300 g/mol. The minimum atomic E-state index is 0.0224. The number of aromatic nitrogens is 1. The number of hydrogen-bond acceptors (Lipinski definition) is 3. The minimum Gasteiger partial charge on any atom is -0.496 e. The molecule has 0 amide bonds. The smallest absolute Gasteiger partial charge is 0.255 e. The van der Waals surface area contributed by atoms with Crippen molar-refractivity contribution < 1.29 is 4.74 Å². The molecule has 2 rings (SSSR count). The summed E-state index contributed by atoms with van der Waals surface area (Å²) >= 11 is 0. The second-order valence-electron chi connectivity index (χ2n) is 5.85. The monoisotopic (exact) mass is 300 g/mol. The molecule has 0 aliphatic heterocycles. The van der Waals surface area contributed by atoms with Crippen molar-refractivity contribution in [3.8, 4) is 17.0 Å². The third-order valence-electron chi connectivity index (χ3n) is 3.71. The molecule has 4 nitrogen and oxygen atoms in total. The van der Waals surface area contributed by atoms with Crippen LogP contribution in [0.3, 0.4) is 0 Å². The zero-order chi connectivity index (χ0) is 16.3. The Hall–Kier alpha value is -2.07. The standard InChI is InChI=1S/C18H24N2O2/c1-12(2)19-11-14-7-8-16(20(4)18(14)21)15-10-13(3)6-9-17(15)22-5/h6-10,12,19H,11H2,1-5H3. The number of pyridine rings is 1. The molecule has 1 aromatic carbocycles. The van der Waals surface area contributed by atoms with Gasteiger partial charge in [-0.1, -0.05) is 31.5 Å². The van der Waals surface area contributed by atoms with E-state index in [0.717, 1.165) is 28.1 Å². The normalized spacial score (nSPS) is 11.0. The Morgan fingerprint density at radius 3 is 2.59 bits per heavy atom. The summed E-state index contributed by atoms with van der Waals surface area (Å²) in [5, 5.41) is 3.28. The van der Waals surface area contributed by atoms with Crippen LogP contribution >= 0.6 is 0 Å². The summed E-state index contributed by atoms with van der Waals surface area (Å²) in [5.74, 6) is 0.772. The van der Waals surface area contributed by atoms with E-state index in [-0.39, 0.29) is 5.56 Å². The highest BCUT2D eigenvalue weighted by Crippen LogP contribution is 2.29. The number of benzene rings is 1. The summed E-state index contributed by atoms with van der Waals surface area (Å²) in [6.45, 7) is 6.74. The van der Waals surface area contributed by atoms with Crippen LogP contribution in [0, 0.1) is 6.92 Å². The van der Waals surface area contributed by atoms with Gasteiger partial charge in [0.2, 0.25) is 0 Å². The van der Waals surface area contributed by atoms with Crippen LogP contribution in [0.15, 0.2) is 35.1 Å². The molecule has 0 saturated carbocycles. The molecule has 0 unspecified atom stereocenters. The lowest BCUT2D eigenvalue weighted by molar-refractivity contribution is 0.416. The van der Waals surface area contributed by atoms with Crippen LogP contribution in [0.2, 0.25) is 0 Å². The van der Waals surface area contributed by atoms with Crippen molar-refractivity contribution in [2.24, 2.45) is 7.05 Å². The van der Waals surface area contributed by atoms with Gasteiger partial charge in [-0.15, -0.1) is 0 Å². The summed E-state index contributed by atoms with van der Waals surface area (Å²) < 4.78 is 7.12. The highest BCUT2D eigenvalue weighted by molar-refractivity contribution is 5.68. The van der Waals surface area contributed by atoms with Gasteiger partial charge in [0.25, 0.3) is 5.56 Å². The van der Waals surface area contributed by atoms with Gasteiger partial charge in [-0.25, -0.2) is 0 Å². The molecule has 0 spiro atoms. The van der Waals surface area contributed by atoms with Crippen molar-refractivity contribution in [1.29, 1.82) is 0 Å². The number of methoxy groups -OCH3 is 1. The van der Waals surface area contributed by atoms with Gasteiger partial charge in [0.15, 0.2) is 0 Å². The first-order valence-electron chi connectivity index (χ1n) is 7.51. The number of rotatable bonds is 5. The van der Waals surface area contributed by atoms with Gasteiger partial charge in [0.1, 0.15) is 5.75 Å². The van der Waals surface area contributed by atoms with Crippen LogP contribution in [0.4, 0.5) is 0 Å². The minimum absolute atomic E-state index is 0.0224. The third kappa shape index (κ3) is 3.39. The Kier molecular flexibility index (Phi) is 5.03. The number of ether oxygens (including phenoxy) is 1. The molecule has 0 saturated heterocycles. The predicted molar refractivity (Wildman–Crippen MR) is 90.4 cm³/mol. The van der Waals surface area contributed by atoms with E-state index in [4.69, 9.17) is 4.74 Å². The number of aryl methyl sites for hydroxylation is 1. The summed E-state index contributed by atoms with van der Waals surface area (Å²) in [6.07, 6.45) is 0. The Morgan fingerprint density at radius 1 is 1.23 bits per heavy atom. The third-order valence-corrected chi connectivity index (χ3v) is 3.71. The number of nitrogens with zero attached hydrogens (tertiary/aromatic N) is 1. The molecule has 0 aliphatic carbocycles. The molecular weight excluding hydrogens is 276 g/mol. The highest BCUT2D eigenvalue weighted by atomic mass is 16.5. The fourth-order valence-corrected chi connectivity index (χ4v) is 2.43. The van der Waals surface area contributed by atoms with Crippen LogP contribution in [0.1, 0.15) is 25.0 Å². The van der Waals surface area contributed by atoms with Gasteiger partial charge in [-0.05, 0) is 25.1 Å². The van der Waals surface area contributed by atoms with Crippen LogP contribution in [0.25, 0.3) is 11.3 Å². The molecule has 1 N–H and O–H groups in total. The van der Waals surface area contributed by atoms with Crippen LogP contribution in [0.5, 0.6) is 5.75 Å². The second-order valence-corrected chi connectivity index (χ2v) is 5.85. The second kappa shape index (κ2) is 6.79. The summed E-state index contributed by atoms with van der Waals surface area (Å²) in [6, 6.07) is 10.2. The molecule has 0 atom stereocenters. The first-order valence-corrected chi connectivity index (χ1v) is 7.51. The fourth-order valence-electron chi connectivity index (χ4n) is 2.43. The fraction of sp³-hybridized carbons (Fsp3) is 0.389. The van der Waals surface area contributed by atoms with Crippen molar-refractivity contribution in [2.75, 3.05) is 7.11 Å². The molecule has 1 aromatic heterocycles. The average Bonchev–Trinajstić information content (AvgIpc) is 2.48. The Bertz CT molecular complexity index is 718. The SMILES string of the molecule is COc1ccc(C)cc1-c1ccc(CNC(C)C)c(=O)n1C. The molecule has 22 heavy (non-hydrogen) atoms. The summed E-state index contributed by atoms with van der Waals surface area (Å²) in [7, 11) is 3.45. The van der Waals surface area contributed by atoms with Crippen molar-refractivity contribution >= 4 is 0 Å². The van der Waals surface area contributed by atoms with Gasteiger partial charge >= 0.3 is 0 Å². The summed E-state index contributed by atoms with van der Waals surface area (Å²) in [4.78, 5) is 12.5. The first kappa shape index (κ1) is 16.3. The van der Waals surface area contributed by atoms with E-state index in [1.807, 2.05) is 37.3 Å². The van der Waals surface area contributed by atoms with Crippen molar-refractivity contribution in [2.45, 2.75) is 33.4 Å². The lowest BCUT2D eigenvalue weighted by atomic mass is 10.1. The molecular formula is C18H24N2O2. The van der Waals surface area contributed by atoms with E-state index < -0.39 is 0 Å². The van der Waals surface area contributed by atoms with Gasteiger partial charge in [-0.3, -0.25) is 4.79 Å². The van der Waals surface area contributed by atoms with Crippen LogP contribution in [-0.4, -0.2) is 17.7 Å². The zero-order valence-corrected chi connectivity index (χ0v) is 13.9. The lowest BCUT2D eigenvalue weighted by Crippen LogP contribution is -2.29. The quantitative estimate of drug-likeness (QED) is 0.923. The summed E-state index contributed by atoms with van der Waals surface area (Å²) in [5.41, 5.74) is 3.72. The maximum atomic E-state index is 12.5. The van der Waals surface area contributed by atoms with E-state index >= 15 is 0 Å². The lowest BCUT2D eigenvalue weighted by Gasteiger charge is -2.15. The van der Waals surface area contributed by atoms with Crippen molar-refractivity contribution in [1.82, 2.24) is 9.88 Å². The number of nitrogens with one attached hydrogen (secondary N) is 1. The van der Waals surface area contributed by atoms with E-state index in [9.17, 15) is 4.79 Å². The largest absolute Gasteiger partial charge is 0.496 e. The van der Waals surface area contributed by atoms with Gasteiger partial charge in [-0.2, -0.15) is 0 Å². The zero-order valence-electron chi connectivity index (χ0n) is 13.9. The molecule has 4 heteroatoms. The topological polar surface area (TPSA) is 43.3 Å². The van der Waals surface area contributed by atoms with Gasteiger partial charge in [0.05, 0.1) is 12.8 Å². The molecule has 0 fully saturated rings. The Morgan fingerprint density at radius 2 is 1.95 bits per heavy atom. The maximum absolute atomic E-state index is 12.5. The highest BCUT2D eigenvalue weighted by Gasteiger charge is 2.12.